The summed E-state index contributed by atoms with van der Waals surface area (Å²) in [5, 5.41) is 8.92. The molecule has 0 aliphatic carbocycles. The Labute approximate surface area is 199 Å². The highest BCUT2D eigenvalue weighted by Crippen LogP contribution is 2.26. The van der Waals surface area contributed by atoms with Gasteiger partial charge in [-0.3, -0.25) is 14.4 Å². The fourth-order valence-corrected chi connectivity index (χ4v) is 4.20. The van der Waals surface area contributed by atoms with Crippen LogP contribution in [0, 0.1) is 0 Å². The molecule has 3 N–H and O–H groups in total. The summed E-state index contributed by atoms with van der Waals surface area (Å²) in [6.45, 7) is 0. The molecule has 0 aromatic heterocycles. The molecule has 0 unspecified atom stereocenters. The van der Waals surface area contributed by atoms with Crippen molar-refractivity contribution in [2.24, 2.45) is 0 Å². The number of anilines is 2. The van der Waals surface area contributed by atoms with E-state index < -0.39 is 0 Å². The van der Waals surface area contributed by atoms with E-state index >= 15 is 0 Å². The largest absolute Gasteiger partial charge is 0.355 e. The van der Waals surface area contributed by atoms with Gasteiger partial charge in [0.15, 0.2) is 0 Å². The monoisotopic (exact) mass is 487 g/mol. The molecule has 6 nitrogen and oxygen atoms in total. The van der Waals surface area contributed by atoms with E-state index in [1.54, 1.807) is 66.7 Å². The van der Waals surface area contributed by atoms with Crippen molar-refractivity contribution >= 4 is 64.1 Å². The second-order valence-corrected chi connectivity index (χ2v) is 8.50. The van der Waals surface area contributed by atoms with Crippen molar-refractivity contribution in [1.82, 2.24) is 5.32 Å². The fourth-order valence-electron chi connectivity index (χ4n) is 2.83. The molecule has 0 radical (unpaired) electrons. The molecule has 0 bridgehead atoms. The Balaban J connectivity index is 1.67. The average Bonchev–Trinajstić information content (AvgIpc) is 2.76. The number of rotatable bonds is 7. The highest BCUT2D eigenvalue weighted by Gasteiger charge is 2.14. The lowest BCUT2D eigenvalue weighted by atomic mass is 10.1. The molecule has 3 aromatic rings. The minimum Gasteiger partial charge on any atom is -0.355 e. The molecular weight excluding hydrogens is 469 g/mol. The van der Waals surface area contributed by atoms with Gasteiger partial charge in [-0.25, -0.2) is 0 Å². The smallest absolute Gasteiger partial charge is 0.256 e. The van der Waals surface area contributed by atoms with Gasteiger partial charge < -0.3 is 16.0 Å². The summed E-state index contributed by atoms with van der Waals surface area (Å²) in [5.41, 5.74) is 1.84. The van der Waals surface area contributed by atoms with Gasteiger partial charge in [0.25, 0.3) is 11.8 Å². The van der Waals surface area contributed by atoms with Gasteiger partial charge in [-0.05, 0) is 48.5 Å². The third kappa shape index (κ3) is 6.50. The van der Waals surface area contributed by atoms with Gasteiger partial charge in [-0.2, -0.15) is 0 Å². The first-order valence-corrected chi connectivity index (χ1v) is 11.2. The van der Waals surface area contributed by atoms with Gasteiger partial charge in [0.2, 0.25) is 5.91 Å². The van der Waals surface area contributed by atoms with E-state index in [0.29, 0.717) is 37.4 Å². The van der Waals surface area contributed by atoms with Gasteiger partial charge in [0.1, 0.15) is 0 Å². The Morgan fingerprint density at radius 1 is 0.812 bits per heavy atom. The van der Waals surface area contributed by atoms with E-state index in [2.05, 4.69) is 16.0 Å². The van der Waals surface area contributed by atoms with E-state index in [0.717, 1.165) is 0 Å². The van der Waals surface area contributed by atoms with Crippen LogP contribution in [0.5, 0.6) is 0 Å². The fraction of sp³-hybridized carbons (Fsp3) is 0.0870. The molecular formula is C23H19Cl2N3O3S. The molecule has 32 heavy (non-hydrogen) atoms. The third-order valence-corrected chi connectivity index (χ3v) is 5.76. The maximum Gasteiger partial charge on any atom is 0.256 e. The maximum atomic E-state index is 12.8. The van der Waals surface area contributed by atoms with Crippen molar-refractivity contribution in [2.75, 3.05) is 23.4 Å². The van der Waals surface area contributed by atoms with Crippen molar-refractivity contribution in [3.8, 4) is 0 Å². The first-order chi connectivity index (χ1) is 15.4. The number of hydrogen-bond donors (Lipinski definition) is 3. The Hall–Kier alpha value is -3.00. The standard InChI is InChI=1S/C23H19Cl2N3O3S/c1-26-22(30)14-5-4-6-17(9-14)28-23(31)19-7-2-3-8-20(19)32-13-21(29)27-18-11-15(24)10-16(25)12-18/h2-12H,13H2,1H3,(H,26,30)(H,27,29)(H,28,31). The summed E-state index contributed by atoms with van der Waals surface area (Å²) in [5.74, 6) is -0.768. The number of thioether (sulfide) groups is 1. The van der Waals surface area contributed by atoms with Gasteiger partial charge in [-0.1, -0.05) is 41.4 Å². The van der Waals surface area contributed by atoms with E-state index in [9.17, 15) is 14.4 Å². The third-order valence-electron chi connectivity index (χ3n) is 4.25. The summed E-state index contributed by atoms with van der Waals surface area (Å²) < 4.78 is 0. The normalized spacial score (nSPS) is 10.3. The highest BCUT2D eigenvalue weighted by molar-refractivity contribution is 8.00. The van der Waals surface area contributed by atoms with Crippen molar-refractivity contribution in [3.05, 3.63) is 87.9 Å². The summed E-state index contributed by atoms with van der Waals surface area (Å²) in [6.07, 6.45) is 0. The predicted molar refractivity (Wildman–Crippen MR) is 130 cm³/mol. The van der Waals surface area contributed by atoms with Crippen LogP contribution in [0.1, 0.15) is 20.7 Å². The van der Waals surface area contributed by atoms with Crippen LogP contribution in [0.25, 0.3) is 0 Å². The number of nitrogens with one attached hydrogen (secondary N) is 3. The molecule has 0 atom stereocenters. The Kier molecular flexibility index (Phi) is 8.16. The van der Waals surface area contributed by atoms with Crippen molar-refractivity contribution in [1.29, 1.82) is 0 Å². The van der Waals surface area contributed by atoms with Crippen LogP contribution < -0.4 is 16.0 Å². The molecule has 0 heterocycles. The molecule has 3 amide bonds. The SMILES string of the molecule is CNC(=O)c1cccc(NC(=O)c2ccccc2SCC(=O)Nc2cc(Cl)cc(Cl)c2)c1. The lowest BCUT2D eigenvalue weighted by Gasteiger charge is -2.11. The van der Waals surface area contributed by atoms with E-state index in [4.69, 9.17) is 23.2 Å². The molecule has 9 heteroatoms. The molecule has 0 saturated carbocycles. The van der Waals surface area contributed by atoms with Gasteiger partial charge in [0.05, 0.1) is 11.3 Å². The Bertz CT molecular complexity index is 1150. The molecule has 164 valence electrons. The molecule has 0 spiro atoms. The Morgan fingerprint density at radius 3 is 2.25 bits per heavy atom. The molecule has 3 rings (SSSR count). The number of carbonyl (C=O) groups excluding carboxylic acids is 3. The quantitative estimate of drug-likeness (QED) is 0.392. The van der Waals surface area contributed by atoms with E-state index in [1.165, 1.54) is 18.8 Å². The molecule has 0 aliphatic heterocycles. The van der Waals surface area contributed by atoms with E-state index in [-0.39, 0.29) is 23.5 Å². The number of carbonyl (C=O) groups is 3. The number of hydrogen-bond acceptors (Lipinski definition) is 4. The zero-order valence-corrected chi connectivity index (χ0v) is 19.3. The van der Waals surface area contributed by atoms with Crippen LogP contribution in [0.15, 0.2) is 71.6 Å². The topological polar surface area (TPSA) is 87.3 Å². The van der Waals surface area contributed by atoms with Gasteiger partial charge >= 0.3 is 0 Å². The summed E-state index contributed by atoms with van der Waals surface area (Å²) in [4.78, 5) is 37.7. The lowest BCUT2D eigenvalue weighted by molar-refractivity contribution is -0.113. The molecule has 0 aliphatic rings. The number of amides is 3. The first kappa shape index (κ1) is 23.7. The van der Waals surface area contributed by atoms with Crippen molar-refractivity contribution in [3.63, 3.8) is 0 Å². The van der Waals surface area contributed by atoms with Crippen LogP contribution in [0.2, 0.25) is 10.0 Å². The average molecular weight is 488 g/mol. The minimum atomic E-state index is -0.343. The van der Waals surface area contributed by atoms with Crippen LogP contribution in [-0.4, -0.2) is 30.5 Å². The zero-order chi connectivity index (χ0) is 23.1. The van der Waals surface area contributed by atoms with Crippen molar-refractivity contribution in [2.45, 2.75) is 4.90 Å². The van der Waals surface area contributed by atoms with Crippen molar-refractivity contribution < 1.29 is 14.4 Å². The Morgan fingerprint density at radius 2 is 1.53 bits per heavy atom. The maximum absolute atomic E-state index is 12.8. The summed E-state index contributed by atoms with van der Waals surface area (Å²) >= 11 is 13.1. The first-order valence-electron chi connectivity index (χ1n) is 9.47. The summed E-state index contributed by atoms with van der Waals surface area (Å²) in [6, 6.07) is 18.4. The van der Waals surface area contributed by atoms with Gasteiger partial charge in [-0.15, -0.1) is 11.8 Å². The molecule has 0 fully saturated rings. The predicted octanol–water partition coefficient (Wildman–Crippen LogP) is 5.34. The van der Waals surface area contributed by atoms with Crippen LogP contribution in [-0.2, 0) is 4.79 Å². The lowest BCUT2D eigenvalue weighted by Crippen LogP contribution is -2.18. The minimum absolute atomic E-state index is 0.0839. The van der Waals surface area contributed by atoms with Crippen LogP contribution in [0.3, 0.4) is 0 Å². The molecule has 0 saturated heterocycles. The van der Waals surface area contributed by atoms with Crippen LogP contribution in [0.4, 0.5) is 11.4 Å². The van der Waals surface area contributed by atoms with Crippen LogP contribution >= 0.6 is 35.0 Å². The second kappa shape index (κ2) is 11.0. The summed E-state index contributed by atoms with van der Waals surface area (Å²) in [7, 11) is 1.54. The highest BCUT2D eigenvalue weighted by atomic mass is 35.5. The second-order valence-electron chi connectivity index (χ2n) is 6.61. The zero-order valence-electron chi connectivity index (χ0n) is 16.9. The molecule has 3 aromatic carbocycles. The van der Waals surface area contributed by atoms with Gasteiger partial charge in [0, 0.05) is 38.9 Å². The van der Waals surface area contributed by atoms with E-state index in [1.807, 2.05) is 0 Å². The number of benzene rings is 3. The number of halogens is 2.